The van der Waals surface area contributed by atoms with Gasteiger partial charge in [-0.05, 0) is 25.5 Å². The fourth-order valence-electron chi connectivity index (χ4n) is 3.23. The van der Waals surface area contributed by atoms with Crippen LogP contribution in [0.2, 0.25) is 0 Å². The molecule has 0 aliphatic heterocycles. The molecule has 3 heteroatoms. The predicted octanol–water partition coefficient (Wildman–Crippen LogP) is 3.88. The van der Waals surface area contributed by atoms with Gasteiger partial charge in [0, 0.05) is 11.4 Å². The molecule has 0 bridgehead atoms. The van der Waals surface area contributed by atoms with Crippen molar-refractivity contribution >= 4 is 16.8 Å². The molecular weight excluding hydrogens is 250 g/mol. The standard InChI is InChI=1S/C17H21NO2/c1-2-18(13-7-3-4-8-13)11-16(19)15-12-20-17-10-6-5-9-14(15)17/h5-6,9-10,12-13H,2-4,7-8,11H2,1H3. The first kappa shape index (κ1) is 13.4. The SMILES string of the molecule is CCN(CC(=O)c1coc2ccccc12)C1CCCC1. The van der Waals surface area contributed by atoms with Gasteiger partial charge < -0.3 is 4.42 Å². The summed E-state index contributed by atoms with van der Waals surface area (Å²) in [5.74, 6) is 0.170. The third-order valence-electron chi connectivity index (χ3n) is 4.38. The lowest BCUT2D eigenvalue weighted by atomic mass is 10.1. The number of benzene rings is 1. The molecule has 3 nitrogen and oxygen atoms in total. The number of carbonyl (C=O) groups is 1. The minimum atomic E-state index is 0.170. The molecule has 1 aliphatic carbocycles. The quantitative estimate of drug-likeness (QED) is 0.774. The van der Waals surface area contributed by atoms with E-state index in [0.717, 1.165) is 23.1 Å². The van der Waals surface area contributed by atoms with E-state index in [0.29, 0.717) is 12.6 Å². The number of Topliss-reactive ketones (excluding diaryl/α,β-unsaturated/α-hetero) is 1. The molecule has 1 saturated carbocycles. The summed E-state index contributed by atoms with van der Waals surface area (Å²) >= 11 is 0. The highest BCUT2D eigenvalue weighted by Crippen LogP contribution is 2.25. The zero-order chi connectivity index (χ0) is 13.9. The summed E-state index contributed by atoms with van der Waals surface area (Å²) in [5.41, 5.74) is 1.51. The molecule has 1 heterocycles. The predicted molar refractivity (Wildman–Crippen MR) is 80.0 cm³/mol. The first-order valence-electron chi connectivity index (χ1n) is 7.53. The number of ketones is 1. The van der Waals surface area contributed by atoms with Crippen LogP contribution in [0.15, 0.2) is 34.9 Å². The normalized spacial score (nSPS) is 16.3. The Hall–Kier alpha value is -1.61. The maximum absolute atomic E-state index is 12.5. The molecule has 2 aromatic rings. The van der Waals surface area contributed by atoms with Gasteiger partial charge in [0.1, 0.15) is 11.8 Å². The molecule has 106 valence electrons. The molecule has 0 spiro atoms. The Morgan fingerprint density at radius 1 is 1.30 bits per heavy atom. The number of rotatable bonds is 5. The van der Waals surface area contributed by atoms with Crippen molar-refractivity contribution in [3.05, 3.63) is 36.1 Å². The molecule has 0 radical (unpaired) electrons. The van der Waals surface area contributed by atoms with Crippen LogP contribution >= 0.6 is 0 Å². The molecule has 1 aromatic carbocycles. The van der Waals surface area contributed by atoms with Gasteiger partial charge in [0.15, 0.2) is 5.78 Å². The number of hydrogen-bond acceptors (Lipinski definition) is 3. The van der Waals surface area contributed by atoms with Crippen molar-refractivity contribution in [3.8, 4) is 0 Å². The van der Waals surface area contributed by atoms with Gasteiger partial charge in [0.2, 0.25) is 0 Å². The van der Waals surface area contributed by atoms with Crippen LogP contribution in [0.3, 0.4) is 0 Å². The number of carbonyl (C=O) groups excluding carboxylic acids is 1. The highest BCUT2D eigenvalue weighted by molar-refractivity contribution is 6.08. The molecule has 0 N–H and O–H groups in total. The highest BCUT2D eigenvalue weighted by atomic mass is 16.3. The summed E-state index contributed by atoms with van der Waals surface area (Å²) in [4.78, 5) is 14.9. The maximum atomic E-state index is 12.5. The van der Waals surface area contributed by atoms with Crippen LogP contribution in [0.1, 0.15) is 43.0 Å². The van der Waals surface area contributed by atoms with E-state index >= 15 is 0 Å². The van der Waals surface area contributed by atoms with Crippen LogP contribution < -0.4 is 0 Å². The van der Waals surface area contributed by atoms with Crippen molar-refractivity contribution < 1.29 is 9.21 Å². The van der Waals surface area contributed by atoms with E-state index in [9.17, 15) is 4.79 Å². The number of para-hydroxylation sites is 1. The first-order valence-corrected chi connectivity index (χ1v) is 7.53. The van der Waals surface area contributed by atoms with Gasteiger partial charge in [-0.3, -0.25) is 9.69 Å². The monoisotopic (exact) mass is 271 g/mol. The van der Waals surface area contributed by atoms with Gasteiger partial charge in [0.25, 0.3) is 0 Å². The first-order chi connectivity index (χ1) is 9.79. The van der Waals surface area contributed by atoms with Crippen molar-refractivity contribution in [1.82, 2.24) is 4.90 Å². The topological polar surface area (TPSA) is 33.5 Å². The molecule has 0 amide bonds. The largest absolute Gasteiger partial charge is 0.464 e. The minimum Gasteiger partial charge on any atom is -0.464 e. The van der Waals surface area contributed by atoms with Crippen molar-refractivity contribution in [3.63, 3.8) is 0 Å². The third-order valence-corrected chi connectivity index (χ3v) is 4.38. The number of fused-ring (bicyclic) bond motifs is 1. The zero-order valence-corrected chi connectivity index (χ0v) is 12.0. The second-order valence-electron chi connectivity index (χ2n) is 5.57. The Morgan fingerprint density at radius 2 is 2.05 bits per heavy atom. The minimum absolute atomic E-state index is 0.170. The number of furan rings is 1. The molecule has 0 atom stereocenters. The van der Waals surface area contributed by atoms with E-state index in [1.807, 2.05) is 24.3 Å². The van der Waals surface area contributed by atoms with Crippen molar-refractivity contribution in [1.29, 1.82) is 0 Å². The van der Waals surface area contributed by atoms with Gasteiger partial charge in [0.05, 0.1) is 12.1 Å². The summed E-state index contributed by atoms with van der Waals surface area (Å²) in [6, 6.07) is 8.32. The van der Waals surface area contributed by atoms with Crippen LogP contribution in [0.4, 0.5) is 0 Å². The summed E-state index contributed by atoms with van der Waals surface area (Å²) in [6.07, 6.45) is 6.66. The van der Waals surface area contributed by atoms with Crippen LogP contribution in [0.25, 0.3) is 11.0 Å². The van der Waals surface area contributed by atoms with Crippen molar-refractivity contribution in [2.45, 2.75) is 38.6 Å². The summed E-state index contributed by atoms with van der Waals surface area (Å²) in [5, 5.41) is 0.931. The van der Waals surface area contributed by atoms with Crippen LogP contribution in [-0.2, 0) is 0 Å². The second-order valence-corrected chi connectivity index (χ2v) is 5.57. The Kier molecular flexibility index (Phi) is 3.88. The fraction of sp³-hybridized carbons (Fsp3) is 0.471. The summed E-state index contributed by atoms with van der Waals surface area (Å²) < 4.78 is 5.47. The Morgan fingerprint density at radius 3 is 2.80 bits per heavy atom. The third kappa shape index (κ3) is 2.50. The van der Waals surface area contributed by atoms with Gasteiger partial charge in [-0.1, -0.05) is 38.0 Å². The lowest BCUT2D eigenvalue weighted by Crippen LogP contribution is -2.37. The number of likely N-dealkylation sites (N-methyl/N-ethyl adjacent to an activating group) is 1. The fourth-order valence-corrected chi connectivity index (χ4v) is 3.23. The lowest BCUT2D eigenvalue weighted by molar-refractivity contribution is 0.0900. The average molecular weight is 271 g/mol. The Labute approximate surface area is 119 Å². The van der Waals surface area contributed by atoms with E-state index in [1.54, 1.807) is 6.26 Å². The van der Waals surface area contributed by atoms with Gasteiger partial charge in [-0.2, -0.15) is 0 Å². The molecule has 0 unspecified atom stereocenters. The maximum Gasteiger partial charge on any atom is 0.180 e. The van der Waals surface area contributed by atoms with E-state index < -0.39 is 0 Å². The molecule has 0 saturated heterocycles. The van der Waals surface area contributed by atoms with Crippen LogP contribution in [-0.4, -0.2) is 29.8 Å². The Balaban J connectivity index is 1.78. The van der Waals surface area contributed by atoms with Crippen LogP contribution in [0, 0.1) is 0 Å². The Bertz CT molecular complexity index is 596. The number of nitrogens with zero attached hydrogens (tertiary/aromatic N) is 1. The van der Waals surface area contributed by atoms with Crippen molar-refractivity contribution in [2.75, 3.05) is 13.1 Å². The summed E-state index contributed by atoms with van der Waals surface area (Å²) in [7, 11) is 0. The van der Waals surface area contributed by atoms with Gasteiger partial charge >= 0.3 is 0 Å². The van der Waals surface area contributed by atoms with E-state index in [4.69, 9.17) is 4.42 Å². The molecule has 20 heavy (non-hydrogen) atoms. The van der Waals surface area contributed by atoms with Crippen LogP contribution in [0.5, 0.6) is 0 Å². The second kappa shape index (κ2) is 5.80. The van der Waals surface area contributed by atoms with Gasteiger partial charge in [-0.25, -0.2) is 0 Å². The molecule has 1 fully saturated rings. The van der Waals surface area contributed by atoms with E-state index in [-0.39, 0.29) is 5.78 Å². The summed E-state index contributed by atoms with van der Waals surface area (Å²) in [6.45, 7) is 3.58. The molecular formula is C17H21NO2. The molecule has 1 aromatic heterocycles. The molecule has 1 aliphatic rings. The van der Waals surface area contributed by atoms with Gasteiger partial charge in [-0.15, -0.1) is 0 Å². The van der Waals surface area contributed by atoms with E-state index in [2.05, 4.69) is 11.8 Å². The van der Waals surface area contributed by atoms with Crippen molar-refractivity contribution in [2.24, 2.45) is 0 Å². The zero-order valence-electron chi connectivity index (χ0n) is 12.0. The van der Waals surface area contributed by atoms with E-state index in [1.165, 1.54) is 25.7 Å². The average Bonchev–Trinajstić information content (AvgIpc) is 3.13. The smallest absolute Gasteiger partial charge is 0.180 e. The number of hydrogen-bond donors (Lipinski definition) is 0. The molecule has 3 rings (SSSR count). The highest BCUT2D eigenvalue weighted by Gasteiger charge is 2.24. The lowest BCUT2D eigenvalue weighted by Gasteiger charge is -2.26.